The van der Waals surface area contributed by atoms with Crippen LogP contribution < -0.4 is 4.72 Å². The van der Waals surface area contributed by atoms with E-state index in [1.165, 1.54) is 0 Å². The van der Waals surface area contributed by atoms with E-state index in [0.717, 1.165) is 13.1 Å². The quantitative estimate of drug-likeness (QED) is 0.736. The van der Waals surface area contributed by atoms with Crippen LogP contribution in [0, 0.1) is 0 Å². The normalized spacial score (nSPS) is 14.7. The van der Waals surface area contributed by atoms with Crippen LogP contribution in [-0.4, -0.2) is 35.9 Å². The number of nitrogens with zero attached hydrogens (tertiary/aromatic N) is 1. The van der Waals surface area contributed by atoms with Crippen molar-refractivity contribution in [1.29, 1.82) is 0 Å². The highest BCUT2D eigenvalue weighted by molar-refractivity contribution is 7.89. The van der Waals surface area contributed by atoms with Gasteiger partial charge in [0.1, 0.15) is 0 Å². The van der Waals surface area contributed by atoms with Crippen LogP contribution in [0.15, 0.2) is 11.2 Å². The fraction of sp³-hybridized carbons (Fsp3) is 0.625. The molecule has 0 aliphatic rings. The van der Waals surface area contributed by atoms with Crippen molar-refractivity contribution < 1.29 is 26.7 Å². The maximum atomic E-state index is 12.1. The van der Waals surface area contributed by atoms with Gasteiger partial charge in [0.15, 0.2) is 5.03 Å². The van der Waals surface area contributed by atoms with Gasteiger partial charge in [-0.1, -0.05) is 0 Å². The number of rotatable bonds is 5. The van der Waals surface area contributed by atoms with Crippen molar-refractivity contribution in [2.45, 2.75) is 37.2 Å². The zero-order chi connectivity index (χ0) is 14.0. The number of alkyl halides is 3. The molecule has 1 aromatic rings. The molecule has 6 nitrogen and oxygen atoms in total. The van der Waals surface area contributed by atoms with Gasteiger partial charge in [-0.05, 0) is 6.92 Å². The van der Waals surface area contributed by atoms with Gasteiger partial charge in [-0.25, -0.2) is 13.1 Å². The minimum absolute atomic E-state index is 0.0123. The summed E-state index contributed by atoms with van der Waals surface area (Å²) >= 11 is 0. The van der Waals surface area contributed by atoms with Crippen LogP contribution in [0.25, 0.3) is 0 Å². The van der Waals surface area contributed by atoms with Crippen LogP contribution in [0.2, 0.25) is 0 Å². The highest BCUT2D eigenvalue weighted by Crippen LogP contribution is 2.22. The Labute approximate surface area is 101 Å². The summed E-state index contributed by atoms with van der Waals surface area (Å²) in [6.45, 7) is 0.514. The fourth-order valence-corrected chi connectivity index (χ4v) is 2.72. The molecule has 3 N–H and O–H groups in total. The van der Waals surface area contributed by atoms with Gasteiger partial charge in [0.05, 0.1) is 19.2 Å². The van der Waals surface area contributed by atoms with Crippen LogP contribution in [0.1, 0.15) is 18.9 Å². The smallest absolute Gasteiger partial charge is 0.390 e. The van der Waals surface area contributed by atoms with E-state index < -0.39 is 40.3 Å². The van der Waals surface area contributed by atoms with Gasteiger partial charge in [-0.15, -0.1) is 0 Å². The van der Waals surface area contributed by atoms with E-state index in [9.17, 15) is 21.6 Å². The Balaban J connectivity index is 2.83. The van der Waals surface area contributed by atoms with E-state index in [2.05, 4.69) is 10.2 Å². The lowest BCUT2D eigenvalue weighted by atomic mass is 10.2. The second-order valence-corrected chi connectivity index (χ2v) is 5.37. The van der Waals surface area contributed by atoms with Crippen molar-refractivity contribution in [2.24, 2.45) is 0 Å². The number of hydrogen-bond donors (Lipinski definition) is 3. The summed E-state index contributed by atoms with van der Waals surface area (Å²) in [6.07, 6.45) is -4.66. The average molecular weight is 287 g/mol. The molecule has 0 aliphatic heterocycles. The lowest BCUT2D eigenvalue weighted by molar-refractivity contribution is -0.137. The Bertz CT molecular complexity index is 497. The number of H-pyrrole nitrogens is 1. The van der Waals surface area contributed by atoms with E-state index in [1.807, 2.05) is 4.72 Å². The fourth-order valence-electron chi connectivity index (χ4n) is 1.36. The molecule has 1 unspecified atom stereocenters. The third-order valence-electron chi connectivity index (χ3n) is 2.01. The van der Waals surface area contributed by atoms with Crippen molar-refractivity contribution in [1.82, 2.24) is 14.9 Å². The predicted molar refractivity (Wildman–Crippen MR) is 55.0 cm³/mol. The molecule has 104 valence electrons. The highest BCUT2D eigenvalue weighted by atomic mass is 32.2. The SMILES string of the molecule is CC(CC(F)(F)F)NS(=O)(=O)c1[nH]ncc1CO. The van der Waals surface area contributed by atoms with Gasteiger partial charge in [0.25, 0.3) is 10.0 Å². The number of aliphatic hydroxyl groups is 1. The van der Waals surface area contributed by atoms with Crippen LogP contribution >= 0.6 is 0 Å². The van der Waals surface area contributed by atoms with E-state index in [4.69, 9.17) is 5.11 Å². The van der Waals surface area contributed by atoms with Crippen molar-refractivity contribution >= 4 is 10.0 Å². The summed E-state index contributed by atoms with van der Waals surface area (Å²) in [6, 6.07) is -1.31. The van der Waals surface area contributed by atoms with Crippen LogP contribution in [0.5, 0.6) is 0 Å². The summed E-state index contributed by atoms with van der Waals surface area (Å²) < 4.78 is 61.5. The molecular weight excluding hydrogens is 275 g/mol. The first-order valence-corrected chi connectivity index (χ1v) is 6.36. The molecule has 10 heteroatoms. The van der Waals surface area contributed by atoms with Gasteiger partial charge in [-0.3, -0.25) is 5.10 Å². The monoisotopic (exact) mass is 287 g/mol. The largest absolute Gasteiger partial charge is 0.392 e. The van der Waals surface area contributed by atoms with Gasteiger partial charge in [0.2, 0.25) is 0 Å². The Hall–Kier alpha value is -1.13. The van der Waals surface area contributed by atoms with Crippen molar-refractivity contribution in [3.63, 3.8) is 0 Å². The Morgan fingerprint density at radius 1 is 1.56 bits per heavy atom. The van der Waals surface area contributed by atoms with Crippen molar-refractivity contribution in [3.05, 3.63) is 11.8 Å². The Morgan fingerprint density at radius 3 is 2.67 bits per heavy atom. The minimum Gasteiger partial charge on any atom is -0.392 e. The predicted octanol–water partition coefficient (Wildman–Crippen LogP) is 0.521. The Morgan fingerprint density at radius 2 is 2.17 bits per heavy atom. The second-order valence-electron chi connectivity index (χ2n) is 3.72. The third-order valence-corrected chi connectivity index (χ3v) is 3.61. The molecule has 0 saturated heterocycles. The molecular formula is C8H12F3N3O3S. The summed E-state index contributed by atoms with van der Waals surface area (Å²) in [5.41, 5.74) is -0.0123. The molecule has 0 radical (unpaired) electrons. The number of aliphatic hydroxyl groups excluding tert-OH is 1. The number of nitrogens with one attached hydrogen (secondary N) is 2. The standard InChI is InChI=1S/C8H12F3N3O3S/c1-5(2-8(9,10)11)14-18(16,17)7-6(4-15)3-12-13-7/h3,5,14-15H,2,4H2,1H3,(H,12,13). The first kappa shape index (κ1) is 14.9. The molecule has 0 aliphatic carbocycles. The van der Waals surface area contributed by atoms with E-state index in [-0.39, 0.29) is 5.56 Å². The molecule has 1 heterocycles. The number of aromatic amines is 1. The second kappa shape index (κ2) is 5.24. The molecule has 0 amide bonds. The van der Waals surface area contributed by atoms with E-state index >= 15 is 0 Å². The summed E-state index contributed by atoms with van der Waals surface area (Å²) in [5, 5.41) is 14.0. The maximum absolute atomic E-state index is 12.1. The molecule has 0 fully saturated rings. The number of halogens is 3. The van der Waals surface area contributed by atoms with Crippen LogP contribution in [0.3, 0.4) is 0 Å². The first-order chi connectivity index (χ1) is 8.15. The van der Waals surface area contributed by atoms with E-state index in [1.54, 1.807) is 0 Å². The lowest BCUT2D eigenvalue weighted by Gasteiger charge is -2.15. The van der Waals surface area contributed by atoms with Gasteiger partial charge >= 0.3 is 6.18 Å². The molecule has 1 aromatic heterocycles. The summed E-state index contributed by atoms with van der Waals surface area (Å²) in [7, 11) is -4.16. The van der Waals surface area contributed by atoms with Gasteiger partial charge in [0, 0.05) is 11.6 Å². The molecule has 0 bridgehead atoms. The maximum Gasteiger partial charge on any atom is 0.390 e. The van der Waals surface area contributed by atoms with Crippen LogP contribution in [-0.2, 0) is 16.6 Å². The molecule has 0 spiro atoms. The van der Waals surface area contributed by atoms with Gasteiger partial charge < -0.3 is 5.11 Å². The number of sulfonamides is 1. The lowest BCUT2D eigenvalue weighted by Crippen LogP contribution is -2.36. The third kappa shape index (κ3) is 3.96. The van der Waals surface area contributed by atoms with Gasteiger partial charge in [-0.2, -0.15) is 18.3 Å². The van der Waals surface area contributed by atoms with E-state index in [0.29, 0.717) is 0 Å². The minimum atomic E-state index is -4.46. The zero-order valence-corrected chi connectivity index (χ0v) is 10.1. The molecule has 1 rings (SSSR count). The highest BCUT2D eigenvalue weighted by Gasteiger charge is 2.32. The number of hydrogen-bond acceptors (Lipinski definition) is 4. The molecule has 0 saturated carbocycles. The molecule has 1 atom stereocenters. The molecule has 18 heavy (non-hydrogen) atoms. The van der Waals surface area contributed by atoms with Crippen LogP contribution in [0.4, 0.5) is 13.2 Å². The number of aromatic nitrogens is 2. The Kier molecular flexibility index (Phi) is 4.35. The average Bonchev–Trinajstić information content (AvgIpc) is 2.61. The molecule has 0 aromatic carbocycles. The van der Waals surface area contributed by atoms with Crippen molar-refractivity contribution in [3.8, 4) is 0 Å². The summed E-state index contributed by atoms with van der Waals surface area (Å²) in [4.78, 5) is 0. The van der Waals surface area contributed by atoms with Crippen molar-refractivity contribution in [2.75, 3.05) is 0 Å². The first-order valence-electron chi connectivity index (χ1n) is 4.88. The summed E-state index contributed by atoms with van der Waals surface area (Å²) in [5.74, 6) is 0. The topological polar surface area (TPSA) is 95.1 Å². The zero-order valence-electron chi connectivity index (χ0n) is 9.32.